The Morgan fingerprint density at radius 3 is 2.72 bits per heavy atom. The highest BCUT2D eigenvalue weighted by molar-refractivity contribution is 6.15. The molecule has 2 aromatic carbocycles. The number of para-hydroxylation sites is 1. The summed E-state index contributed by atoms with van der Waals surface area (Å²) in [7, 11) is 1.40. The molecule has 0 aliphatic carbocycles. The zero-order valence-electron chi connectivity index (χ0n) is 10.3. The number of hydrogen-bond acceptors (Lipinski definition) is 2. The van der Waals surface area contributed by atoms with Crippen LogP contribution in [-0.2, 0) is 4.74 Å². The molecule has 0 saturated heterocycles. The van der Waals surface area contributed by atoms with Gasteiger partial charge in [0.15, 0.2) is 0 Å². The molecule has 3 aromatic rings. The number of nitrogens with one attached hydrogen (secondary N) is 1. The predicted octanol–water partition coefficient (Wildman–Crippen LogP) is 3.42. The van der Waals surface area contributed by atoms with Crippen molar-refractivity contribution >= 4 is 27.8 Å². The van der Waals surface area contributed by atoms with Gasteiger partial charge in [0, 0.05) is 16.3 Å². The number of methoxy groups -OCH3 is 1. The minimum atomic E-state index is -0.313. The van der Waals surface area contributed by atoms with Crippen LogP contribution in [0.25, 0.3) is 21.8 Å². The first kappa shape index (κ1) is 10.8. The molecule has 0 spiro atoms. The van der Waals surface area contributed by atoms with Crippen LogP contribution in [0.15, 0.2) is 36.4 Å². The first-order valence-corrected chi connectivity index (χ1v) is 5.80. The lowest BCUT2D eigenvalue weighted by atomic mass is 10.0. The summed E-state index contributed by atoms with van der Waals surface area (Å²) in [5, 5.41) is 2.23. The first-order valence-electron chi connectivity index (χ1n) is 5.80. The fourth-order valence-corrected chi connectivity index (χ4v) is 2.41. The molecular formula is C15H13NO2. The molecule has 1 heterocycles. The van der Waals surface area contributed by atoms with E-state index in [0.717, 1.165) is 27.4 Å². The maximum atomic E-state index is 11.8. The van der Waals surface area contributed by atoms with Crippen molar-refractivity contribution in [2.45, 2.75) is 6.92 Å². The smallest absolute Gasteiger partial charge is 0.339 e. The van der Waals surface area contributed by atoms with E-state index >= 15 is 0 Å². The molecule has 0 aliphatic rings. The van der Waals surface area contributed by atoms with Gasteiger partial charge >= 0.3 is 5.97 Å². The quantitative estimate of drug-likeness (QED) is 0.661. The van der Waals surface area contributed by atoms with Gasteiger partial charge < -0.3 is 9.72 Å². The highest BCUT2D eigenvalue weighted by Gasteiger charge is 2.15. The maximum absolute atomic E-state index is 11.8. The van der Waals surface area contributed by atoms with Crippen molar-refractivity contribution in [3.63, 3.8) is 0 Å². The molecule has 0 amide bonds. The standard InChI is InChI=1S/C15H13NO2/c1-9-7-8-11(15(17)18-2)14-13(9)10-5-3-4-6-12(10)16-14/h3-8,16H,1-2H3. The number of carbonyl (C=O) groups excluding carboxylic acids is 1. The van der Waals surface area contributed by atoms with Gasteiger partial charge in [0.2, 0.25) is 0 Å². The average Bonchev–Trinajstić information content (AvgIpc) is 2.78. The van der Waals surface area contributed by atoms with Crippen LogP contribution in [0.3, 0.4) is 0 Å². The number of benzene rings is 2. The van der Waals surface area contributed by atoms with E-state index in [2.05, 4.69) is 11.1 Å². The molecule has 1 aromatic heterocycles. The van der Waals surface area contributed by atoms with Gasteiger partial charge in [-0.15, -0.1) is 0 Å². The SMILES string of the molecule is COC(=O)c1ccc(C)c2c1[nH]c1ccccc12. The molecule has 1 N–H and O–H groups in total. The normalized spacial score (nSPS) is 11.0. The Kier molecular flexibility index (Phi) is 2.33. The molecule has 0 radical (unpaired) electrons. The molecule has 0 fully saturated rings. The van der Waals surface area contributed by atoms with Crippen molar-refractivity contribution in [1.29, 1.82) is 0 Å². The highest BCUT2D eigenvalue weighted by Crippen LogP contribution is 2.30. The molecule has 3 heteroatoms. The molecule has 0 unspecified atom stereocenters. The summed E-state index contributed by atoms with van der Waals surface area (Å²) in [6.07, 6.45) is 0. The number of carbonyl (C=O) groups is 1. The fraction of sp³-hybridized carbons (Fsp3) is 0.133. The zero-order chi connectivity index (χ0) is 12.7. The molecule has 3 rings (SSSR count). The Labute approximate surface area is 104 Å². The van der Waals surface area contributed by atoms with E-state index in [1.165, 1.54) is 7.11 Å². The number of aryl methyl sites for hydroxylation is 1. The Bertz CT molecular complexity index is 756. The van der Waals surface area contributed by atoms with Crippen LogP contribution < -0.4 is 0 Å². The molecule has 3 nitrogen and oxygen atoms in total. The average molecular weight is 239 g/mol. The van der Waals surface area contributed by atoms with Crippen molar-refractivity contribution in [3.05, 3.63) is 47.5 Å². The van der Waals surface area contributed by atoms with Crippen molar-refractivity contribution in [2.75, 3.05) is 7.11 Å². The van der Waals surface area contributed by atoms with Crippen molar-refractivity contribution in [3.8, 4) is 0 Å². The van der Waals surface area contributed by atoms with Gasteiger partial charge in [-0.1, -0.05) is 24.3 Å². The number of aromatic amines is 1. The summed E-state index contributed by atoms with van der Waals surface area (Å²) in [6.45, 7) is 2.05. The predicted molar refractivity (Wildman–Crippen MR) is 71.9 cm³/mol. The van der Waals surface area contributed by atoms with Crippen LogP contribution in [0.5, 0.6) is 0 Å². The minimum absolute atomic E-state index is 0.313. The number of aromatic nitrogens is 1. The number of ether oxygens (including phenoxy) is 1. The first-order chi connectivity index (χ1) is 8.72. The van der Waals surface area contributed by atoms with Gasteiger partial charge in [-0.05, 0) is 24.6 Å². The molecule has 18 heavy (non-hydrogen) atoms. The third kappa shape index (κ3) is 1.40. The molecular weight excluding hydrogens is 226 g/mol. The van der Waals surface area contributed by atoms with Gasteiger partial charge in [0.1, 0.15) is 0 Å². The topological polar surface area (TPSA) is 42.1 Å². The molecule has 0 atom stereocenters. The second-order valence-corrected chi connectivity index (χ2v) is 4.34. The van der Waals surface area contributed by atoms with Crippen LogP contribution >= 0.6 is 0 Å². The lowest BCUT2D eigenvalue weighted by molar-refractivity contribution is 0.0603. The van der Waals surface area contributed by atoms with Crippen molar-refractivity contribution in [1.82, 2.24) is 4.98 Å². The highest BCUT2D eigenvalue weighted by atomic mass is 16.5. The van der Waals surface area contributed by atoms with E-state index in [9.17, 15) is 4.79 Å². The summed E-state index contributed by atoms with van der Waals surface area (Å²) in [4.78, 5) is 15.1. The zero-order valence-corrected chi connectivity index (χ0v) is 10.3. The number of esters is 1. The van der Waals surface area contributed by atoms with Crippen LogP contribution in [0.2, 0.25) is 0 Å². The van der Waals surface area contributed by atoms with Gasteiger partial charge in [-0.2, -0.15) is 0 Å². The summed E-state index contributed by atoms with van der Waals surface area (Å²) in [5.74, 6) is -0.313. The summed E-state index contributed by atoms with van der Waals surface area (Å²) < 4.78 is 4.82. The van der Waals surface area contributed by atoms with E-state index in [1.807, 2.05) is 31.2 Å². The van der Waals surface area contributed by atoms with Crippen LogP contribution in [0.4, 0.5) is 0 Å². The number of H-pyrrole nitrogens is 1. The number of rotatable bonds is 1. The number of fused-ring (bicyclic) bond motifs is 3. The Balaban J connectivity index is 2.49. The molecule has 0 saturated carbocycles. The maximum Gasteiger partial charge on any atom is 0.339 e. The van der Waals surface area contributed by atoms with E-state index < -0.39 is 0 Å². The van der Waals surface area contributed by atoms with Gasteiger partial charge in [0.25, 0.3) is 0 Å². The van der Waals surface area contributed by atoms with E-state index in [0.29, 0.717) is 5.56 Å². The number of hydrogen-bond donors (Lipinski definition) is 1. The largest absolute Gasteiger partial charge is 0.465 e. The van der Waals surface area contributed by atoms with E-state index in [-0.39, 0.29) is 5.97 Å². The Hall–Kier alpha value is -2.29. The Morgan fingerprint density at radius 1 is 1.17 bits per heavy atom. The molecule has 0 bridgehead atoms. The minimum Gasteiger partial charge on any atom is -0.465 e. The van der Waals surface area contributed by atoms with Crippen LogP contribution in [0.1, 0.15) is 15.9 Å². The van der Waals surface area contributed by atoms with Gasteiger partial charge in [-0.3, -0.25) is 0 Å². The molecule has 0 aliphatic heterocycles. The van der Waals surface area contributed by atoms with E-state index in [4.69, 9.17) is 4.74 Å². The van der Waals surface area contributed by atoms with Crippen LogP contribution in [-0.4, -0.2) is 18.1 Å². The lowest BCUT2D eigenvalue weighted by Crippen LogP contribution is -2.02. The summed E-state index contributed by atoms with van der Waals surface area (Å²) >= 11 is 0. The monoisotopic (exact) mass is 239 g/mol. The third-order valence-corrected chi connectivity index (χ3v) is 3.28. The second kappa shape index (κ2) is 3.88. The molecule has 90 valence electrons. The van der Waals surface area contributed by atoms with Gasteiger partial charge in [-0.25, -0.2) is 4.79 Å². The summed E-state index contributed by atoms with van der Waals surface area (Å²) in [6, 6.07) is 11.8. The van der Waals surface area contributed by atoms with E-state index in [1.54, 1.807) is 6.07 Å². The second-order valence-electron chi connectivity index (χ2n) is 4.34. The van der Waals surface area contributed by atoms with Gasteiger partial charge in [0.05, 0.1) is 18.2 Å². The van der Waals surface area contributed by atoms with Crippen LogP contribution in [0, 0.1) is 6.92 Å². The third-order valence-electron chi connectivity index (χ3n) is 3.28. The van der Waals surface area contributed by atoms with Crippen molar-refractivity contribution in [2.24, 2.45) is 0 Å². The summed E-state index contributed by atoms with van der Waals surface area (Å²) in [5.41, 5.74) is 3.61. The van der Waals surface area contributed by atoms with Crippen molar-refractivity contribution < 1.29 is 9.53 Å². The Morgan fingerprint density at radius 2 is 1.94 bits per heavy atom. The fourth-order valence-electron chi connectivity index (χ4n) is 2.41. The lowest BCUT2D eigenvalue weighted by Gasteiger charge is -2.03.